The van der Waals surface area contributed by atoms with Gasteiger partial charge in [0, 0.05) is 16.1 Å². The second-order valence-corrected chi connectivity index (χ2v) is 6.55. The molecule has 3 rings (SSSR count). The molecule has 1 saturated heterocycles. The fourth-order valence-corrected chi connectivity index (χ4v) is 3.38. The van der Waals surface area contributed by atoms with Gasteiger partial charge >= 0.3 is 0 Å². The second kappa shape index (κ2) is 6.16. The van der Waals surface area contributed by atoms with E-state index in [0.717, 1.165) is 46.7 Å². The van der Waals surface area contributed by atoms with Gasteiger partial charge in [-0.15, -0.1) is 0 Å². The van der Waals surface area contributed by atoms with Gasteiger partial charge in [0.25, 0.3) is 5.91 Å². The molecule has 1 heterocycles. The zero-order valence-corrected chi connectivity index (χ0v) is 13.7. The Kier molecular flexibility index (Phi) is 4.27. The number of benzene rings is 2. The Hall–Kier alpha value is -1.39. The Labute approximate surface area is 133 Å². The van der Waals surface area contributed by atoms with Crippen molar-refractivity contribution in [2.24, 2.45) is 0 Å². The summed E-state index contributed by atoms with van der Waals surface area (Å²) in [6, 6.07) is 12.1. The summed E-state index contributed by atoms with van der Waals surface area (Å²) in [5, 5.41) is 5.26. The molecule has 1 N–H and O–H groups in total. The number of nitrogens with one attached hydrogen (secondary N) is 1. The highest BCUT2D eigenvalue weighted by Crippen LogP contribution is 2.26. The highest BCUT2D eigenvalue weighted by atomic mass is 79.9. The first-order valence-corrected chi connectivity index (χ1v) is 8.11. The van der Waals surface area contributed by atoms with Crippen LogP contribution in [0.3, 0.4) is 0 Å². The molecule has 1 amide bonds. The Balaban J connectivity index is 1.83. The van der Waals surface area contributed by atoms with Crippen molar-refractivity contribution >= 4 is 32.6 Å². The average molecular weight is 347 g/mol. The average Bonchev–Trinajstić information content (AvgIpc) is 2.49. The van der Waals surface area contributed by atoms with Crippen LogP contribution in [0, 0.1) is 0 Å². The second-order valence-electron chi connectivity index (χ2n) is 5.69. The number of fused-ring (bicyclic) bond motifs is 1. The van der Waals surface area contributed by atoms with E-state index >= 15 is 0 Å². The molecular formula is C17H19BrN2O. The van der Waals surface area contributed by atoms with Gasteiger partial charge in [-0.2, -0.15) is 0 Å². The molecule has 1 aliphatic heterocycles. The minimum atomic E-state index is 0.0354. The summed E-state index contributed by atoms with van der Waals surface area (Å²) in [5.74, 6) is 0.0354. The van der Waals surface area contributed by atoms with Gasteiger partial charge in [-0.25, -0.2) is 0 Å². The summed E-state index contributed by atoms with van der Waals surface area (Å²) in [5.41, 5.74) is 0.757. The molecule has 0 spiro atoms. The van der Waals surface area contributed by atoms with E-state index in [4.69, 9.17) is 0 Å². The normalized spacial score (nSPS) is 17.0. The summed E-state index contributed by atoms with van der Waals surface area (Å²) < 4.78 is 1.02. The Morgan fingerprint density at radius 2 is 1.81 bits per heavy atom. The number of halogens is 1. The highest BCUT2D eigenvalue weighted by Gasteiger charge is 2.20. The number of piperidine rings is 1. The molecule has 1 fully saturated rings. The molecule has 0 aromatic heterocycles. The zero-order chi connectivity index (χ0) is 14.8. The lowest BCUT2D eigenvalue weighted by molar-refractivity contribution is 0.0918. The van der Waals surface area contributed by atoms with E-state index in [1.165, 1.54) is 0 Å². The maximum atomic E-state index is 12.6. The van der Waals surface area contributed by atoms with Gasteiger partial charge in [-0.3, -0.25) is 4.79 Å². The minimum absolute atomic E-state index is 0.0354. The van der Waals surface area contributed by atoms with E-state index in [-0.39, 0.29) is 11.9 Å². The molecule has 0 radical (unpaired) electrons. The summed E-state index contributed by atoms with van der Waals surface area (Å²) in [7, 11) is 2.13. The van der Waals surface area contributed by atoms with Crippen molar-refractivity contribution in [1.29, 1.82) is 0 Å². The van der Waals surface area contributed by atoms with Gasteiger partial charge in [0.2, 0.25) is 0 Å². The van der Waals surface area contributed by atoms with E-state index in [1.54, 1.807) is 0 Å². The van der Waals surface area contributed by atoms with Gasteiger partial charge in [-0.05, 0) is 55.9 Å². The van der Waals surface area contributed by atoms with Gasteiger partial charge in [0.1, 0.15) is 0 Å². The minimum Gasteiger partial charge on any atom is -0.349 e. The lowest BCUT2D eigenvalue weighted by Crippen LogP contribution is -2.43. The number of amides is 1. The molecule has 0 saturated carbocycles. The number of carbonyl (C=O) groups excluding carboxylic acids is 1. The van der Waals surface area contributed by atoms with E-state index in [0.29, 0.717) is 0 Å². The van der Waals surface area contributed by atoms with E-state index in [9.17, 15) is 4.79 Å². The molecule has 0 aliphatic carbocycles. The number of nitrogens with zero attached hydrogens (tertiary/aromatic N) is 1. The van der Waals surface area contributed by atoms with Crippen LogP contribution in [0.2, 0.25) is 0 Å². The van der Waals surface area contributed by atoms with E-state index in [2.05, 4.69) is 33.2 Å². The molecule has 4 heteroatoms. The number of likely N-dealkylation sites (tertiary alicyclic amines) is 1. The van der Waals surface area contributed by atoms with Crippen molar-refractivity contribution in [3.05, 3.63) is 46.4 Å². The Bertz CT molecular complexity index is 663. The molecule has 1 aliphatic rings. The van der Waals surface area contributed by atoms with Crippen molar-refractivity contribution < 1.29 is 4.79 Å². The van der Waals surface area contributed by atoms with Crippen molar-refractivity contribution in [3.8, 4) is 0 Å². The lowest BCUT2D eigenvalue weighted by atomic mass is 10.0. The molecule has 3 nitrogen and oxygen atoms in total. The predicted octanol–water partition coefficient (Wildman–Crippen LogP) is 3.43. The van der Waals surface area contributed by atoms with Crippen LogP contribution >= 0.6 is 15.9 Å². The number of hydrogen-bond acceptors (Lipinski definition) is 2. The Morgan fingerprint density at radius 1 is 1.14 bits per heavy atom. The fourth-order valence-electron chi connectivity index (χ4n) is 2.89. The molecule has 0 atom stereocenters. The topological polar surface area (TPSA) is 32.3 Å². The summed E-state index contributed by atoms with van der Waals surface area (Å²) in [6.07, 6.45) is 2.05. The van der Waals surface area contributed by atoms with Gasteiger partial charge in [0.15, 0.2) is 0 Å². The lowest BCUT2D eigenvalue weighted by Gasteiger charge is -2.29. The zero-order valence-electron chi connectivity index (χ0n) is 12.1. The van der Waals surface area contributed by atoms with E-state index < -0.39 is 0 Å². The van der Waals surface area contributed by atoms with Crippen molar-refractivity contribution in [3.63, 3.8) is 0 Å². The number of carbonyl (C=O) groups is 1. The van der Waals surface area contributed by atoms with Gasteiger partial charge in [0.05, 0.1) is 0 Å². The maximum absolute atomic E-state index is 12.6. The van der Waals surface area contributed by atoms with Crippen LogP contribution in [0.15, 0.2) is 40.9 Å². The third-order valence-electron chi connectivity index (χ3n) is 4.17. The fraction of sp³-hybridized carbons (Fsp3) is 0.353. The predicted molar refractivity (Wildman–Crippen MR) is 89.6 cm³/mol. The largest absolute Gasteiger partial charge is 0.349 e. The van der Waals surface area contributed by atoms with Crippen molar-refractivity contribution in [2.75, 3.05) is 20.1 Å². The van der Waals surface area contributed by atoms with Crippen molar-refractivity contribution in [1.82, 2.24) is 10.2 Å². The Morgan fingerprint density at radius 3 is 2.57 bits per heavy atom. The van der Waals surface area contributed by atoms with Crippen LogP contribution in [-0.4, -0.2) is 37.0 Å². The summed E-state index contributed by atoms with van der Waals surface area (Å²) >= 11 is 3.55. The SMILES string of the molecule is CN1CCC(NC(=O)c2cccc3c(Br)cccc23)CC1. The van der Waals surface area contributed by atoms with Crippen LogP contribution in [0.25, 0.3) is 10.8 Å². The van der Waals surface area contributed by atoms with Crippen molar-refractivity contribution in [2.45, 2.75) is 18.9 Å². The third-order valence-corrected chi connectivity index (χ3v) is 4.86. The summed E-state index contributed by atoms with van der Waals surface area (Å²) in [4.78, 5) is 14.9. The summed E-state index contributed by atoms with van der Waals surface area (Å²) in [6.45, 7) is 2.10. The highest BCUT2D eigenvalue weighted by molar-refractivity contribution is 9.10. The molecular weight excluding hydrogens is 328 g/mol. The first kappa shape index (κ1) is 14.5. The number of hydrogen-bond donors (Lipinski definition) is 1. The van der Waals surface area contributed by atoms with Gasteiger partial charge in [-0.1, -0.05) is 40.2 Å². The third kappa shape index (κ3) is 3.11. The number of rotatable bonds is 2. The van der Waals surface area contributed by atoms with Crippen LogP contribution in [0.4, 0.5) is 0 Å². The molecule has 0 unspecified atom stereocenters. The molecule has 0 bridgehead atoms. The smallest absolute Gasteiger partial charge is 0.252 e. The monoisotopic (exact) mass is 346 g/mol. The quantitative estimate of drug-likeness (QED) is 0.903. The van der Waals surface area contributed by atoms with Crippen LogP contribution in [0.5, 0.6) is 0 Å². The first-order valence-electron chi connectivity index (χ1n) is 7.32. The first-order chi connectivity index (χ1) is 10.1. The molecule has 110 valence electrons. The molecule has 2 aromatic carbocycles. The van der Waals surface area contributed by atoms with Crippen LogP contribution in [0.1, 0.15) is 23.2 Å². The van der Waals surface area contributed by atoms with Crippen LogP contribution < -0.4 is 5.32 Å². The van der Waals surface area contributed by atoms with Crippen LogP contribution in [-0.2, 0) is 0 Å². The van der Waals surface area contributed by atoms with E-state index in [1.807, 2.05) is 36.4 Å². The molecule has 21 heavy (non-hydrogen) atoms. The molecule has 2 aromatic rings. The van der Waals surface area contributed by atoms with Gasteiger partial charge < -0.3 is 10.2 Å². The maximum Gasteiger partial charge on any atom is 0.252 e. The standard InChI is InChI=1S/C17H19BrN2O/c1-20-10-8-12(9-11-20)19-17(21)15-6-2-5-14-13(15)4-3-7-16(14)18/h2-7,12H,8-11H2,1H3,(H,19,21).